The predicted octanol–water partition coefficient (Wildman–Crippen LogP) is 1.64. The first-order valence-corrected chi connectivity index (χ1v) is 7.86. The molecule has 0 unspecified atom stereocenters. The number of benzene rings is 2. The number of ether oxygens (including phenoxy) is 1. The zero-order chi connectivity index (χ0) is 18.7. The second kappa shape index (κ2) is 7.09. The molecule has 1 amide bonds. The van der Waals surface area contributed by atoms with Crippen LogP contribution in [0.5, 0.6) is 11.5 Å². The van der Waals surface area contributed by atoms with E-state index in [-0.39, 0.29) is 11.4 Å². The molecule has 0 radical (unpaired) electrons. The maximum atomic E-state index is 12.8. The van der Waals surface area contributed by atoms with E-state index in [0.717, 1.165) is 4.68 Å². The maximum absolute atomic E-state index is 12.8. The normalized spacial score (nSPS) is 10.5. The van der Waals surface area contributed by atoms with E-state index in [1.165, 1.54) is 17.0 Å². The molecule has 0 fully saturated rings. The van der Waals surface area contributed by atoms with Gasteiger partial charge in [-0.25, -0.2) is 9.59 Å². The van der Waals surface area contributed by atoms with Crippen molar-refractivity contribution < 1.29 is 14.6 Å². The number of tetrazole rings is 1. The van der Waals surface area contributed by atoms with Crippen molar-refractivity contribution in [3.05, 3.63) is 59.0 Å². The van der Waals surface area contributed by atoms with Crippen LogP contribution in [-0.2, 0) is 0 Å². The minimum Gasteiger partial charge on any atom is -0.506 e. The topological polar surface area (TPSA) is 102 Å². The summed E-state index contributed by atoms with van der Waals surface area (Å²) in [4.78, 5) is 26.7. The van der Waals surface area contributed by atoms with Gasteiger partial charge in [-0.3, -0.25) is 4.90 Å². The Morgan fingerprint density at radius 3 is 2.46 bits per heavy atom. The predicted molar refractivity (Wildman–Crippen MR) is 94.1 cm³/mol. The van der Waals surface area contributed by atoms with Crippen molar-refractivity contribution in [2.45, 2.75) is 6.92 Å². The van der Waals surface area contributed by atoms with Crippen molar-refractivity contribution in [2.24, 2.45) is 0 Å². The molecule has 134 valence electrons. The average Bonchev–Trinajstić information content (AvgIpc) is 3.04. The van der Waals surface area contributed by atoms with Crippen molar-refractivity contribution in [3.63, 3.8) is 0 Å². The third kappa shape index (κ3) is 3.02. The van der Waals surface area contributed by atoms with Crippen LogP contribution in [0.15, 0.2) is 53.3 Å². The fourth-order valence-electron chi connectivity index (χ4n) is 2.47. The molecule has 0 aliphatic heterocycles. The highest BCUT2D eigenvalue weighted by Crippen LogP contribution is 2.20. The lowest BCUT2D eigenvalue weighted by molar-refractivity contribution is 0.244. The third-order valence-electron chi connectivity index (χ3n) is 3.80. The zero-order valence-corrected chi connectivity index (χ0v) is 14.2. The number of carbonyl (C=O) groups excluding carboxylic acids is 1. The molecule has 0 saturated heterocycles. The Labute approximate surface area is 148 Å². The van der Waals surface area contributed by atoms with Gasteiger partial charge in [-0.15, -0.1) is 4.68 Å². The number of carbonyl (C=O) groups is 1. The monoisotopic (exact) mass is 355 g/mol. The van der Waals surface area contributed by atoms with Gasteiger partial charge in [0, 0.05) is 12.2 Å². The van der Waals surface area contributed by atoms with E-state index < -0.39 is 11.7 Å². The van der Waals surface area contributed by atoms with Gasteiger partial charge in [-0.05, 0) is 53.7 Å². The highest BCUT2D eigenvalue weighted by Gasteiger charge is 2.22. The van der Waals surface area contributed by atoms with Gasteiger partial charge in [0.25, 0.3) is 0 Å². The summed E-state index contributed by atoms with van der Waals surface area (Å²) in [6.45, 7) is 2.10. The van der Waals surface area contributed by atoms with Crippen molar-refractivity contribution in [2.75, 3.05) is 18.6 Å². The molecular formula is C17H17N5O4. The molecule has 9 nitrogen and oxygen atoms in total. The van der Waals surface area contributed by atoms with E-state index >= 15 is 0 Å². The molecule has 3 rings (SSSR count). The molecule has 0 atom stereocenters. The summed E-state index contributed by atoms with van der Waals surface area (Å²) >= 11 is 0. The van der Waals surface area contributed by atoms with E-state index in [4.69, 9.17) is 4.74 Å². The summed E-state index contributed by atoms with van der Waals surface area (Å²) in [6, 6.07) is 12.4. The third-order valence-corrected chi connectivity index (χ3v) is 3.80. The van der Waals surface area contributed by atoms with Crippen LogP contribution in [0, 0.1) is 0 Å². The molecule has 0 spiro atoms. The number of para-hydroxylation sites is 2. The molecule has 9 heteroatoms. The lowest BCUT2D eigenvalue weighted by Gasteiger charge is -2.19. The molecule has 0 bridgehead atoms. The van der Waals surface area contributed by atoms with Crippen LogP contribution in [0.25, 0.3) is 5.69 Å². The van der Waals surface area contributed by atoms with Gasteiger partial charge in [0.15, 0.2) is 0 Å². The van der Waals surface area contributed by atoms with Crippen LogP contribution in [0.1, 0.15) is 6.92 Å². The zero-order valence-electron chi connectivity index (χ0n) is 14.2. The summed E-state index contributed by atoms with van der Waals surface area (Å²) in [6.07, 6.45) is 0. The van der Waals surface area contributed by atoms with Crippen LogP contribution in [0.3, 0.4) is 0 Å². The summed E-state index contributed by atoms with van der Waals surface area (Å²) in [5, 5.41) is 17.2. The first kappa shape index (κ1) is 17.2. The minimum absolute atomic E-state index is 0.142. The van der Waals surface area contributed by atoms with Crippen LogP contribution in [-0.4, -0.2) is 44.6 Å². The molecule has 1 aromatic heterocycles. The second-order valence-corrected chi connectivity index (χ2v) is 5.30. The van der Waals surface area contributed by atoms with Gasteiger partial charge in [0.2, 0.25) is 0 Å². The second-order valence-electron chi connectivity index (χ2n) is 5.30. The first-order chi connectivity index (χ1) is 12.6. The number of aromatic nitrogens is 4. The lowest BCUT2D eigenvalue weighted by atomic mass is 10.3. The van der Waals surface area contributed by atoms with Crippen molar-refractivity contribution in [1.82, 2.24) is 19.8 Å². The van der Waals surface area contributed by atoms with Crippen molar-refractivity contribution in [3.8, 4) is 17.2 Å². The lowest BCUT2D eigenvalue weighted by Crippen LogP contribution is -2.41. The number of amides is 1. The largest absolute Gasteiger partial charge is 0.506 e. The van der Waals surface area contributed by atoms with Gasteiger partial charge < -0.3 is 9.84 Å². The number of aromatic hydroxyl groups is 1. The fraction of sp³-hybridized carbons (Fsp3) is 0.176. The SMILES string of the molecule is CCN(C(=O)n1nnn(-c2ccccc2O)c1=O)c1ccc(OC)cc1. The number of phenols is 1. The van der Waals surface area contributed by atoms with Crippen LogP contribution >= 0.6 is 0 Å². The van der Waals surface area contributed by atoms with Gasteiger partial charge in [-0.2, -0.15) is 4.68 Å². The number of rotatable bonds is 4. The highest BCUT2D eigenvalue weighted by atomic mass is 16.5. The van der Waals surface area contributed by atoms with E-state index in [9.17, 15) is 14.7 Å². The summed E-state index contributed by atoms with van der Waals surface area (Å²) < 4.78 is 6.63. The molecule has 0 aliphatic carbocycles. The van der Waals surface area contributed by atoms with E-state index in [2.05, 4.69) is 10.4 Å². The van der Waals surface area contributed by atoms with Crippen molar-refractivity contribution >= 4 is 11.7 Å². The summed E-state index contributed by atoms with van der Waals surface area (Å²) in [7, 11) is 1.55. The molecule has 1 N–H and O–H groups in total. The van der Waals surface area contributed by atoms with Gasteiger partial charge >= 0.3 is 11.7 Å². The maximum Gasteiger partial charge on any atom is 0.377 e. The number of nitrogens with zero attached hydrogens (tertiary/aromatic N) is 5. The Morgan fingerprint density at radius 1 is 1.15 bits per heavy atom. The van der Waals surface area contributed by atoms with E-state index in [1.807, 2.05) is 0 Å². The van der Waals surface area contributed by atoms with Crippen LogP contribution in [0.4, 0.5) is 10.5 Å². The first-order valence-electron chi connectivity index (χ1n) is 7.86. The van der Waals surface area contributed by atoms with Crippen molar-refractivity contribution in [1.29, 1.82) is 0 Å². The summed E-state index contributed by atoms with van der Waals surface area (Å²) in [5.74, 6) is 0.511. The van der Waals surface area contributed by atoms with E-state index in [0.29, 0.717) is 22.7 Å². The Hall–Kier alpha value is -3.62. The quantitative estimate of drug-likeness (QED) is 0.714. The Morgan fingerprint density at radius 2 is 1.85 bits per heavy atom. The Balaban J connectivity index is 1.96. The standard InChI is InChI=1S/C17H17N5O4/c1-3-20(12-8-10-13(26-2)11-9-12)16(24)22-17(25)21(18-19-22)14-6-4-5-7-15(14)23/h4-11,23H,3H2,1-2H3. The Kier molecular flexibility index (Phi) is 4.70. The molecule has 26 heavy (non-hydrogen) atoms. The van der Waals surface area contributed by atoms with Gasteiger partial charge in [-0.1, -0.05) is 12.1 Å². The molecule has 0 aliphatic rings. The number of phenolic OH excluding ortho intramolecular Hbond substituents is 1. The molecular weight excluding hydrogens is 338 g/mol. The number of methoxy groups -OCH3 is 1. The fourth-order valence-corrected chi connectivity index (χ4v) is 2.47. The smallest absolute Gasteiger partial charge is 0.377 e. The van der Waals surface area contributed by atoms with Crippen LogP contribution in [0.2, 0.25) is 0 Å². The van der Waals surface area contributed by atoms with E-state index in [1.54, 1.807) is 50.4 Å². The van der Waals surface area contributed by atoms with Gasteiger partial charge in [0.1, 0.15) is 17.2 Å². The highest BCUT2D eigenvalue weighted by molar-refractivity contribution is 5.92. The molecule has 0 saturated carbocycles. The Bertz CT molecular complexity index is 977. The number of hydrogen-bond donors (Lipinski definition) is 1. The number of hydrogen-bond acceptors (Lipinski definition) is 6. The van der Waals surface area contributed by atoms with Crippen LogP contribution < -0.4 is 15.3 Å². The molecule has 3 aromatic rings. The van der Waals surface area contributed by atoms with Gasteiger partial charge in [0.05, 0.1) is 7.11 Å². The minimum atomic E-state index is -0.775. The average molecular weight is 355 g/mol. The summed E-state index contributed by atoms with van der Waals surface area (Å²) in [5.41, 5.74) is -0.0465. The number of anilines is 1. The molecule has 1 heterocycles. The molecule has 2 aromatic carbocycles.